The Kier molecular flexibility index (Phi) is 5.01. The molecule has 110 valence electrons. The summed E-state index contributed by atoms with van der Waals surface area (Å²) in [6.07, 6.45) is 3.62. The Labute approximate surface area is 121 Å². The van der Waals surface area contributed by atoms with E-state index in [-0.39, 0.29) is 5.91 Å². The van der Waals surface area contributed by atoms with Crippen LogP contribution >= 0.6 is 0 Å². The number of anilines is 1. The largest absolute Gasteiger partial charge is 0.378 e. The Morgan fingerprint density at radius 2 is 2.00 bits per heavy atom. The fourth-order valence-corrected chi connectivity index (χ4v) is 2.63. The van der Waals surface area contributed by atoms with E-state index in [1.54, 1.807) is 0 Å². The van der Waals surface area contributed by atoms with Crippen molar-refractivity contribution in [2.24, 2.45) is 0 Å². The normalized spacial score (nSPS) is 22.4. The summed E-state index contributed by atoms with van der Waals surface area (Å²) in [6.45, 7) is 2.91. The van der Waals surface area contributed by atoms with Gasteiger partial charge in [0.2, 0.25) is 0 Å². The maximum atomic E-state index is 12.1. The highest BCUT2D eigenvalue weighted by Crippen LogP contribution is 2.13. The molecule has 0 aromatic heterocycles. The molecule has 2 atom stereocenters. The maximum absolute atomic E-state index is 12.1. The van der Waals surface area contributed by atoms with Crippen LogP contribution in [0.1, 0.15) is 36.5 Å². The van der Waals surface area contributed by atoms with Crippen LogP contribution in [0.25, 0.3) is 0 Å². The number of rotatable bonds is 4. The summed E-state index contributed by atoms with van der Waals surface area (Å²) in [5.41, 5.74) is 1.82. The quantitative estimate of drug-likeness (QED) is 0.883. The first-order valence-corrected chi connectivity index (χ1v) is 7.38. The predicted molar refractivity (Wildman–Crippen MR) is 83.3 cm³/mol. The van der Waals surface area contributed by atoms with Crippen LogP contribution in [-0.2, 0) is 0 Å². The molecule has 1 heterocycles. The van der Waals surface area contributed by atoms with E-state index in [9.17, 15) is 4.79 Å². The van der Waals surface area contributed by atoms with Crippen LogP contribution in [0.2, 0.25) is 0 Å². The first-order chi connectivity index (χ1) is 9.56. The summed E-state index contributed by atoms with van der Waals surface area (Å²) in [5, 5.41) is 6.55. The zero-order valence-electron chi connectivity index (χ0n) is 12.6. The molecule has 2 N–H and O–H groups in total. The number of carbonyl (C=O) groups excluding carboxylic acids is 1. The summed E-state index contributed by atoms with van der Waals surface area (Å²) in [4.78, 5) is 14.1. The molecule has 4 nitrogen and oxygen atoms in total. The van der Waals surface area contributed by atoms with E-state index >= 15 is 0 Å². The van der Waals surface area contributed by atoms with Crippen molar-refractivity contribution in [1.82, 2.24) is 10.6 Å². The van der Waals surface area contributed by atoms with Crippen LogP contribution in [0.15, 0.2) is 24.3 Å². The zero-order valence-corrected chi connectivity index (χ0v) is 12.6. The lowest BCUT2D eigenvalue weighted by Crippen LogP contribution is -2.47. The van der Waals surface area contributed by atoms with Gasteiger partial charge in [-0.2, -0.15) is 0 Å². The zero-order chi connectivity index (χ0) is 14.5. The standard InChI is InChI=1S/C16H25N3O/c1-12-5-4-6-14(18-12)11-17-16(20)13-7-9-15(10-8-13)19(2)3/h7-10,12,14,18H,4-6,11H2,1-3H3,(H,17,20). The molecule has 2 rings (SSSR count). The van der Waals surface area contributed by atoms with Gasteiger partial charge < -0.3 is 15.5 Å². The number of carbonyl (C=O) groups is 1. The Bertz CT molecular complexity index is 442. The summed E-state index contributed by atoms with van der Waals surface area (Å²) in [6, 6.07) is 8.66. The monoisotopic (exact) mass is 275 g/mol. The van der Waals surface area contributed by atoms with Gasteiger partial charge in [-0.05, 0) is 44.0 Å². The SMILES string of the molecule is CC1CCCC(CNC(=O)c2ccc(N(C)C)cc2)N1. The van der Waals surface area contributed by atoms with E-state index in [4.69, 9.17) is 0 Å². The van der Waals surface area contributed by atoms with E-state index < -0.39 is 0 Å². The van der Waals surface area contributed by atoms with E-state index in [2.05, 4.69) is 17.6 Å². The lowest BCUT2D eigenvalue weighted by atomic mass is 9.99. The van der Waals surface area contributed by atoms with Crippen LogP contribution in [0, 0.1) is 0 Å². The smallest absolute Gasteiger partial charge is 0.251 e. The molecule has 0 bridgehead atoms. The van der Waals surface area contributed by atoms with E-state index in [1.807, 2.05) is 43.3 Å². The molecule has 0 spiro atoms. The van der Waals surface area contributed by atoms with Gasteiger partial charge in [0.15, 0.2) is 0 Å². The minimum Gasteiger partial charge on any atom is -0.378 e. The number of hydrogen-bond donors (Lipinski definition) is 2. The number of nitrogens with one attached hydrogen (secondary N) is 2. The van der Waals surface area contributed by atoms with Crippen molar-refractivity contribution in [3.05, 3.63) is 29.8 Å². The van der Waals surface area contributed by atoms with Crippen molar-refractivity contribution in [1.29, 1.82) is 0 Å². The Hall–Kier alpha value is -1.55. The molecule has 1 fully saturated rings. The number of benzene rings is 1. The summed E-state index contributed by atoms with van der Waals surface area (Å²) < 4.78 is 0. The molecular formula is C16H25N3O. The highest BCUT2D eigenvalue weighted by Gasteiger charge is 2.18. The second kappa shape index (κ2) is 6.75. The van der Waals surface area contributed by atoms with Crippen molar-refractivity contribution in [3.63, 3.8) is 0 Å². The van der Waals surface area contributed by atoms with Crippen LogP contribution in [0.4, 0.5) is 5.69 Å². The second-order valence-corrected chi connectivity index (χ2v) is 5.85. The molecule has 0 aliphatic carbocycles. The first kappa shape index (κ1) is 14.9. The number of nitrogens with zero attached hydrogens (tertiary/aromatic N) is 1. The van der Waals surface area contributed by atoms with Gasteiger partial charge in [0.1, 0.15) is 0 Å². The van der Waals surface area contributed by atoms with Crippen LogP contribution in [-0.4, -0.2) is 38.6 Å². The minimum atomic E-state index is 0.00957. The van der Waals surface area contributed by atoms with Gasteiger partial charge in [0.25, 0.3) is 5.91 Å². The van der Waals surface area contributed by atoms with Gasteiger partial charge in [-0.1, -0.05) is 6.42 Å². The molecule has 20 heavy (non-hydrogen) atoms. The molecule has 1 aliphatic rings. The fraction of sp³-hybridized carbons (Fsp3) is 0.562. The number of hydrogen-bond acceptors (Lipinski definition) is 3. The molecular weight excluding hydrogens is 250 g/mol. The third kappa shape index (κ3) is 3.97. The molecule has 1 amide bonds. The van der Waals surface area contributed by atoms with Gasteiger partial charge in [-0.25, -0.2) is 0 Å². The predicted octanol–water partition coefficient (Wildman–Crippen LogP) is 2.01. The molecule has 1 aliphatic heterocycles. The number of piperidine rings is 1. The molecule has 0 saturated carbocycles. The first-order valence-electron chi connectivity index (χ1n) is 7.38. The Balaban J connectivity index is 1.85. The van der Waals surface area contributed by atoms with E-state index in [0.29, 0.717) is 18.6 Å². The molecule has 2 unspecified atom stereocenters. The van der Waals surface area contributed by atoms with Crippen molar-refractivity contribution in [3.8, 4) is 0 Å². The van der Waals surface area contributed by atoms with E-state index in [1.165, 1.54) is 12.8 Å². The Morgan fingerprint density at radius 3 is 2.60 bits per heavy atom. The number of amides is 1. The lowest BCUT2D eigenvalue weighted by molar-refractivity contribution is 0.0946. The van der Waals surface area contributed by atoms with Crippen molar-refractivity contribution in [2.75, 3.05) is 25.5 Å². The van der Waals surface area contributed by atoms with Crippen molar-refractivity contribution in [2.45, 2.75) is 38.3 Å². The molecule has 1 saturated heterocycles. The average Bonchev–Trinajstić information content (AvgIpc) is 2.45. The summed E-state index contributed by atoms with van der Waals surface area (Å²) in [5.74, 6) is 0.00957. The van der Waals surface area contributed by atoms with Crippen molar-refractivity contribution >= 4 is 11.6 Å². The van der Waals surface area contributed by atoms with Crippen LogP contribution in [0.5, 0.6) is 0 Å². The third-order valence-corrected chi connectivity index (χ3v) is 3.86. The third-order valence-electron chi connectivity index (χ3n) is 3.86. The molecule has 4 heteroatoms. The van der Waals surface area contributed by atoms with Gasteiger partial charge in [-0.15, -0.1) is 0 Å². The average molecular weight is 275 g/mol. The lowest BCUT2D eigenvalue weighted by Gasteiger charge is -2.28. The summed E-state index contributed by atoms with van der Waals surface area (Å²) >= 11 is 0. The van der Waals surface area contributed by atoms with Crippen molar-refractivity contribution < 1.29 is 4.79 Å². The maximum Gasteiger partial charge on any atom is 0.251 e. The minimum absolute atomic E-state index is 0.00957. The van der Waals surface area contributed by atoms with Gasteiger partial charge in [-0.3, -0.25) is 4.79 Å². The van der Waals surface area contributed by atoms with Gasteiger partial charge in [0, 0.05) is 44.0 Å². The summed E-state index contributed by atoms with van der Waals surface area (Å²) in [7, 11) is 3.98. The molecule has 1 aromatic rings. The van der Waals surface area contributed by atoms with Crippen LogP contribution < -0.4 is 15.5 Å². The second-order valence-electron chi connectivity index (χ2n) is 5.85. The van der Waals surface area contributed by atoms with E-state index in [0.717, 1.165) is 17.7 Å². The topological polar surface area (TPSA) is 44.4 Å². The highest BCUT2D eigenvalue weighted by molar-refractivity contribution is 5.94. The molecule has 1 aromatic carbocycles. The van der Waals surface area contributed by atoms with Crippen LogP contribution in [0.3, 0.4) is 0 Å². The highest BCUT2D eigenvalue weighted by atomic mass is 16.1. The Morgan fingerprint density at radius 1 is 1.30 bits per heavy atom. The molecule has 0 radical (unpaired) electrons. The van der Waals surface area contributed by atoms with Gasteiger partial charge >= 0.3 is 0 Å². The van der Waals surface area contributed by atoms with Gasteiger partial charge in [0.05, 0.1) is 0 Å². The fourth-order valence-electron chi connectivity index (χ4n) is 2.63.